The van der Waals surface area contributed by atoms with Crippen LogP contribution in [0.15, 0.2) is 12.4 Å². The van der Waals surface area contributed by atoms with Crippen molar-refractivity contribution >= 4 is 5.97 Å². The normalized spacial score (nSPS) is 18.2. The topological polar surface area (TPSA) is 58.8 Å². The Balaban J connectivity index is 2.34. The molecule has 1 atom stereocenters. The molecule has 0 aromatic rings. The minimum atomic E-state index is -0.579. The van der Waals surface area contributed by atoms with Crippen LogP contribution in [0.2, 0.25) is 0 Å². The van der Waals surface area contributed by atoms with E-state index in [2.05, 4.69) is 0 Å². The number of hydrogen-bond donors (Lipinski definition) is 1. The summed E-state index contributed by atoms with van der Waals surface area (Å²) in [4.78, 5) is 17.7. The van der Waals surface area contributed by atoms with Gasteiger partial charge in [0, 0.05) is 13.2 Å². The molecule has 0 amide bonds. The Morgan fingerprint density at radius 3 is 2.75 bits per heavy atom. The lowest BCUT2D eigenvalue weighted by atomic mass is 10.4. The summed E-state index contributed by atoms with van der Waals surface area (Å²) < 4.78 is 0. The number of rotatable bonds is 2. The predicted molar refractivity (Wildman–Crippen MR) is 43.4 cm³/mol. The van der Waals surface area contributed by atoms with Crippen molar-refractivity contribution in [3.05, 3.63) is 12.4 Å². The molecule has 0 saturated heterocycles. The fourth-order valence-corrected chi connectivity index (χ4v) is 0.760. The summed E-state index contributed by atoms with van der Waals surface area (Å²) in [6.45, 7) is 2.14. The van der Waals surface area contributed by atoms with E-state index >= 15 is 0 Å². The Morgan fingerprint density at radius 2 is 2.33 bits per heavy atom. The van der Waals surface area contributed by atoms with Gasteiger partial charge in [-0.05, 0) is 6.92 Å². The highest BCUT2D eigenvalue weighted by Crippen LogP contribution is 2.04. The summed E-state index contributed by atoms with van der Waals surface area (Å²) in [6.07, 6.45) is 3.49. The first kappa shape index (κ1) is 8.86. The predicted octanol–water partition coefficient (Wildman–Crippen LogP) is -0.532. The summed E-state index contributed by atoms with van der Waals surface area (Å²) in [6, 6.07) is -0.579. The largest absolute Gasteiger partial charge is 0.359 e. The fraction of sp³-hybridized carbons (Fsp3) is 0.571. The van der Waals surface area contributed by atoms with Crippen LogP contribution in [0.5, 0.6) is 0 Å². The Morgan fingerprint density at radius 1 is 1.67 bits per heavy atom. The second kappa shape index (κ2) is 3.44. The van der Waals surface area contributed by atoms with Gasteiger partial charge in [0.2, 0.25) is 0 Å². The molecule has 0 spiro atoms. The smallest absolute Gasteiger partial charge is 0.348 e. The maximum Gasteiger partial charge on any atom is 0.348 e. The summed E-state index contributed by atoms with van der Waals surface area (Å²) >= 11 is 0. The van der Waals surface area contributed by atoms with Gasteiger partial charge in [0.25, 0.3) is 0 Å². The number of carbonyl (C=O) groups is 1. The van der Waals surface area contributed by atoms with E-state index in [1.54, 1.807) is 13.1 Å². The van der Waals surface area contributed by atoms with Gasteiger partial charge in [0.15, 0.2) is 0 Å². The lowest BCUT2D eigenvalue weighted by Crippen LogP contribution is -2.34. The second-order valence-electron chi connectivity index (χ2n) is 2.81. The highest BCUT2D eigenvalue weighted by atomic mass is 16.7. The van der Waals surface area contributed by atoms with E-state index in [9.17, 15) is 4.79 Å². The van der Waals surface area contributed by atoms with Gasteiger partial charge in [-0.15, -0.1) is 0 Å². The van der Waals surface area contributed by atoms with Crippen LogP contribution >= 0.6 is 0 Å². The minimum Gasteiger partial charge on any atom is -0.359 e. The third-order valence-corrected chi connectivity index (χ3v) is 1.43. The van der Waals surface area contributed by atoms with Crippen molar-refractivity contribution in [1.82, 2.24) is 9.96 Å². The number of hydroxylamine groups is 2. The molecule has 0 saturated carbocycles. The highest BCUT2D eigenvalue weighted by Gasteiger charge is 2.16. The van der Waals surface area contributed by atoms with E-state index in [0.717, 1.165) is 0 Å². The molecule has 1 aliphatic heterocycles. The first-order valence-electron chi connectivity index (χ1n) is 3.72. The Hall–Kier alpha value is -1.23. The summed E-state index contributed by atoms with van der Waals surface area (Å²) in [7, 11) is 1.89. The maximum atomic E-state index is 11.0. The lowest BCUT2D eigenvalue weighted by Gasteiger charge is -2.17. The molecular formula is C7H13N3O2. The third kappa shape index (κ3) is 2.13. The molecule has 12 heavy (non-hydrogen) atoms. The molecule has 0 fully saturated rings. The van der Waals surface area contributed by atoms with Crippen LogP contribution in [-0.2, 0) is 9.63 Å². The van der Waals surface area contributed by atoms with E-state index in [4.69, 9.17) is 10.6 Å². The van der Waals surface area contributed by atoms with Gasteiger partial charge < -0.3 is 15.5 Å². The van der Waals surface area contributed by atoms with Crippen LogP contribution in [0.25, 0.3) is 0 Å². The van der Waals surface area contributed by atoms with Crippen LogP contribution in [0.3, 0.4) is 0 Å². The standard InChI is InChI=1S/C7H13N3O2/c1-6(8)7(11)12-10-4-3-9(2)5-10/h3-4,6H,5,8H2,1-2H3/t6-/m0/s1. The van der Waals surface area contributed by atoms with Crippen molar-refractivity contribution in [3.8, 4) is 0 Å². The van der Waals surface area contributed by atoms with E-state index in [0.29, 0.717) is 6.67 Å². The van der Waals surface area contributed by atoms with Crippen LogP contribution < -0.4 is 5.73 Å². The van der Waals surface area contributed by atoms with Crippen LogP contribution in [0.4, 0.5) is 0 Å². The van der Waals surface area contributed by atoms with Gasteiger partial charge in [-0.3, -0.25) is 0 Å². The van der Waals surface area contributed by atoms with Crippen LogP contribution in [0, 0.1) is 0 Å². The Kier molecular flexibility index (Phi) is 2.54. The van der Waals surface area contributed by atoms with E-state index in [1.165, 1.54) is 5.06 Å². The second-order valence-corrected chi connectivity index (χ2v) is 2.81. The lowest BCUT2D eigenvalue weighted by molar-refractivity contribution is -0.181. The average molecular weight is 171 g/mol. The first-order valence-corrected chi connectivity index (χ1v) is 3.72. The SMILES string of the molecule is C[C@H](N)C(=O)ON1C=CN(C)C1. The molecule has 1 aliphatic rings. The van der Waals surface area contributed by atoms with Crippen molar-refractivity contribution < 1.29 is 9.63 Å². The van der Waals surface area contributed by atoms with Gasteiger partial charge in [0.1, 0.15) is 12.7 Å². The Labute approximate surface area is 71.3 Å². The van der Waals surface area contributed by atoms with E-state index in [1.807, 2.05) is 18.1 Å². The monoisotopic (exact) mass is 171 g/mol. The van der Waals surface area contributed by atoms with Crippen molar-refractivity contribution in [1.29, 1.82) is 0 Å². The molecule has 0 aromatic carbocycles. The summed E-state index contributed by atoms with van der Waals surface area (Å²) in [5.41, 5.74) is 5.31. The molecule has 1 rings (SSSR count). The summed E-state index contributed by atoms with van der Waals surface area (Å²) in [5.74, 6) is -0.421. The van der Waals surface area contributed by atoms with E-state index in [-0.39, 0.29) is 0 Å². The van der Waals surface area contributed by atoms with Crippen molar-refractivity contribution in [2.45, 2.75) is 13.0 Å². The molecule has 0 aromatic heterocycles. The van der Waals surface area contributed by atoms with Crippen LogP contribution in [0.1, 0.15) is 6.92 Å². The zero-order chi connectivity index (χ0) is 9.14. The van der Waals surface area contributed by atoms with Gasteiger partial charge in [-0.2, -0.15) is 5.06 Å². The average Bonchev–Trinajstić information content (AvgIpc) is 2.35. The van der Waals surface area contributed by atoms with E-state index < -0.39 is 12.0 Å². The number of hydrogen-bond acceptors (Lipinski definition) is 5. The zero-order valence-corrected chi connectivity index (χ0v) is 7.23. The van der Waals surface area contributed by atoms with Gasteiger partial charge in [0.05, 0.1) is 6.20 Å². The molecule has 5 heteroatoms. The van der Waals surface area contributed by atoms with Crippen LogP contribution in [-0.4, -0.2) is 35.7 Å². The number of nitrogens with two attached hydrogens (primary N) is 1. The number of carbonyl (C=O) groups excluding carboxylic acids is 1. The van der Waals surface area contributed by atoms with Gasteiger partial charge in [-0.1, -0.05) is 0 Å². The third-order valence-electron chi connectivity index (χ3n) is 1.43. The molecule has 0 radical (unpaired) electrons. The number of nitrogens with zero attached hydrogens (tertiary/aromatic N) is 2. The fourth-order valence-electron chi connectivity index (χ4n) is 0.760. The molecular weight excluding hydrogens is 158 g/mol. The molecule has 2 N–H and O–H groups in total. The van der Waals surface area contributed by atoms with Crippen molar-refractivity contribution in [3.63, 3.8) is 0 Å². The minimum absolute atomic E-state index is 0.421. The molecule has 0 bridgehead atoms. The molecule has 5 nitrogen and oxygen atoms in total. The molecule has 0 aliphatic carbocycles. The Bertz CT molecular complexity index is 203. The maximum absolute atomic E-state index is 11.0. The molecule has 0 unspecified atom stereocenters. The molecule has 1 heterocycles. The quantitative estimate of drug-likeness (QED) is 0.605. The molecule has 68 valence electrons. The highest BCUT2D eigenvalue weighted by molar-refractivity contribution is 5.74. The first-order chi connectivity index (χ1) is 5.59. The summed E-state index contributed by atoms with van der Waals surface area (Å²) in [5, 5.41) is 1.44. The zero-order valence-electron chi connectivity index (χ0n) is 7.23. The van der Waals surface area contributed by atoms with Crippen molar-refractivity contribution in [2.24, 2.45) is 5.73 Å². The van der Waals surface area contributed by atoms with Gasteiger partial charge >= 0.3 is 5.97 Å². The van der Waals surface area contributed by atoms with Gasteiger partial charge in [-0.25, -0.2) is 4.79 Å². The van der Waals surface area contributed by atoms with Crippen molar-refractivity contribution in [2.75, 3.05) is 13.7 Å².